The first-order chi connectivity index (χ1) is 9.08. The van der Waals surface area contributed by atoms with E-state index in [2.05, 4.69) is 15.0 Å². The van der Waals surface area contributed by atoms with Crippen LogP contribution in [0, 0.1) is 0 Å². The molecular weight excluding hydrogens is 248 g/mol. The first-order valence-electron chi connectivity index (χ1n) is 6.10. The van der Waals surface area contributed by atoms with Crippen molar-refractivity contribution in [2.24, 2.45) is 5.73 Å². The van der Waals surface area contributed by atoms with Gasteiger partial charge in [0.15, 0.2) is 11.5 Å². The number of hydrogen-bond donors (Lipinski definition) is 3. The van der Waals surface area contributed by atoms with Crippen molar-refractivity contribution >= 4 is 17.0 Å². The number of nitrogen functional groups attached to an aromatic ring is 1. The molecule has 4 unspecified atom stereocenters. The van der Waals surface area contributed by atoms with Crippen LogP contribution in [0.15, 0.2) is 12.7 Å². The molecule has 0 spiro atoms. The van der Waals surface area contributed by atoms with Crippen LogP contribution in [-0.4, -0.2) is 42.9 Å². The van der Waals surface area contributed by atoms with Crippen LogP contribution in [0.1, 0.15) is 19.6 Å². The van der Waals surface area contributed by atoms with Crippen LogP contribution in [0.4, 0.5) is 5.82 Å². The summed E-state index contributed by atoms with van der Waals surface area (Å²) >= 11 is 0. The van der Waals surface area contributed by atoms with Crippen molar-refractivity contribution in [2.45, 2.75) is 37.8 Å². The Morgan fingerprint density at radius 2 is 2.26 bits per heavy atom. The average Bonchev–Trinajstić information content (AvgIpc) is 2.93. The summed E-state index contributed by atoms with van der Waals surface area (Å²) in [4.78, 5) is 12.2. The second-order valence-corrected chi connectivity index (χ2v) is 4.78. The molecule has 5 N–H and O–H groups in total. The fraction of sp³-hybridized carbons (Fsp3) is 0.545. The SMILES string of the molecule is CC(O)C1OC(n2cnc3c(N)ncnc32)CC1N. The Morgan fingerprint density at radius 1 is 1.47 bits per heavy atom. The molecule has 1 aliphatic heterocycles. The number of fused-ring (bicyclic) bond motifs is 1. The predicted molar refractivity (Wildman–Crippen MR) is 67.9 cm³/mol. The van der Waals surface area contributed by atoms with E-state index in [0.29, 0.717) is 23.4 Å². The van der Waals surface area contributed by atoms with E-state index in [1.54, 1.807) is 17.8 Å². The number of nitrogens with two attached hydrogens (primary N) is 2. The molecule has 4 atom stereocenters. The Morgan fingerprint density at radius 3 is 2.95 bits per heavy atom. The van der Waals surface area contributed by atoms with Gasteiger partial charge in [0.1, 0.15) is 24.2 Å². The van der Waals surface area contributed by atoms with E-state index in [4.69, 9.17) is 16.2 Å². The highest BCUT2D eigenvalue weighted by molar-refractivity contribution is 5.81. The monoisotopic (exact) mass is 264 g/mol. The quantitative estimate of drug-likeness (QED) is 0.661. The average molecular weight is 264 g/mol. The summed E-state index contributed by atoms with van der Waals surface area (Å²) in [5.41, 5.74) is 12.9. The molecule has 3 heterocycles. The zero-order valence-electron chi connectivity index (χ0n) is 10.5. The first-order valence-corrected chi connectivity index (χ1v) is 6.10. The Bertz CT molecular complexity index is 598. The van der Waals surface area contributed by atoms with Gasteiger partial charge in [-0.15, -0.1) is 0 Å². The predicted octanol–water partition coefficient (Wildman–Crippen LogP) is -0.596. The largest absolute Gasteiger partial charge is 0.391 e. The highest BCUT2D eigenvalue weighted by atomic mass is 16.5. The van der Waals surface area contributed by atoms with Crippen molar-refractivity contribution in [3.63, 3.8) is 0 Å². The zero-order chi connectivity index (χ0) is 13.6. The molecular formula is C11H16N6O2. The lowest BCUT2D eigenvalue weighted by molar-refractivity contribution is -0.0545. The van der Waals surface area contributed by atoms with Crippen LogP contribution in [0.25, 0.3) is 11.2 Å². The zero-order valence-corrected chi connectivity index (χ0v) is 10.5. The van der Waals surface area contributed by atoms with Crippen molar-refractivity contribution < 1.29 is 9.84 Å². The first kappa shape index (κ1) is 12.3. The maximum atomic E-state index is 9.62. The molecule has 1 aliphatic rings. The number of ether oxygens (including phenoxy) is 1. The van der Waals surface area contributed by atoms with Crippen molar-refractivity contribution in [3.8, 4) is 0 Å². The minimum atomic E-state index is -0.616. The van der Waals surface area contributed by atoms with Crippen molar-refractivity contribution in [1.29, 1.82) is 0 Å². The molecule has 2 aromatic rings. The summed E-state index contributed by atoms with van der Waals surface area (Å²) in [6, 6.07) is -0.221. The van der Waals surface area contributed by atoms with E-state index in [1.807, 2.05) is 0 Å². The van der Waals surface area contributed by atoms with Crippen molar-refractivity contribution in [3.05, 3.63) is 12.7 Å². The molecule has 0 aliphatic carbocycles. The van der Waals surface area contributed by atoms with Gasteiger partial charge in [0, 0.05) is 12.5 Å². The molecule has 3 rings (SSSR count). The number of anilines is 1. The summed E-state index contributed by atoms with van der Waals surface area (Å²) in [5, 5.41) is 9.62. The number of nitrogens with zero attached hydrogens (tertiary/aromatic N) is 4. The van der Waals surface area contributed by atoms with Crippen LogP contribution in [0.2, 0.25) is 0 Å². The van der Waals surface area contributed by atoms with E-state index >= 15 is 0 Å². The van der Waals surface area contributed by atoms with Crippen LogP contribution in [0.3, 0.4) is 0 Å². The number of hydrogen-bond acceptors (Lipinski definition) is 7. The minimum absolute atomic E-state index is 0.221. The molecule has 0 bridgehead atoms. The van der Waals surface area contributed by atoms with Crippen LogP contribution in [0.5, 0.6) is 0 Å². The van der Waals surface area contributed by atoms with Crippen LogP contribution in [-0.2, 0) is 4.74 Å². The van der Waals surface area contributed by atoms with Gasteiger partial charge in [0.2, 0.25) is 0 Å². The fourth-order valence-electron chi connectivity index (χ4n) is 2.44. The molecule has 0 saturated carbocycles. The van der Waals surface area contributed by atoms with Gasteiger partial charge in [0.05, 0.1) is 12.4 Å². The summed E-state index contributed by atoms with van der Waals surface area (Å²) in [6.07, 6.45) is 2.28. The second-order valence-electron chi connectivity index (χ2n) is 4.78. The van der Waals surface area contributed by atoms with Gasteiger partial charge in [0.25, 0.3) is 0 Å². The molecule has 1 fully saturated rings. The van der Waals surface area contributed by atoms with E-state index in [-0.39, 0.29) is 18.4 Å². The number of aliphatic hydroxyl groups is 1. The Kier molecular flexibility index (Phi) is 2.85. The van der Waals surface area contributed by atoms with Gasteiger partial charge in [-0.25, -0.2) is 15.0 Å². The summed E-state index contributed by atoms with van der Waals surface area (Å²) < 4.78 is 7.55. The van der Waals surface area contributed by atoms with Gasteiger partial charge in [-0.3, -0.25) is 4.57 Å². The fourth-order valence-corrected chi connectivity index (χ4v) is 2.44. The van der Waals surface area contributed by atoms with Gasteiger partial charge >= 0.3 is 0 Å². The number of rotatable bonds is 2. The summed E-state index contributed by atoms with van der Waals surface area (Å²) in [7, 11) is 0. The van der Waals surface area contributed by atoms with Gasteiger partial charge in [-0.05, 0) is 6.92 Å². The van der Waals surface area contributed by atoms with E-state index in [0.717, 1.165) is 0 Å². The lowest BCUT2D eigenvalue weighted by Gasteiger charge is -2.18. The van der Waals surface area contributed by atoms with E-state index in [9.17, 15) is 5.11 Å². The third-order valence-corrected chi connectivity index (χ3v) is 3.38. The molecule has 102 valence electrons. The maximum Gasteiger partial charge on any atom is 0.167 e. The highest BCUT2D eigenvalue weighted by Gasteiger charge is 2.37. The van der Waals surface area contributed by atoms with Crippen molar-refractivity contribution in [1.82, 2.24) is 19.5 Å². The lowest BCUT2D eigenvalue weighted by atomic mass is 10.1. The normalized spacial score (nSPS) is 28.9. The molecule has 19 heavy (non-hydrogen) atoms. The molecule has 0 aromatic carbocycles. The lowest BCUT2D eigenvalue weighted by Crippen LogP contribution is -2.38. The molecule has 1 saturated heterocycles. The smallest absolute Gasteiger partial charge is 0.167 e. The number of imidazole rings is 1. The Labute approximate surface area is 109 Å². The Balaban J connectivity index is 1.96. The van der Waals surface area contributed by atoms with Crippen molar-refractivity contribution in [2.75, 3.05) is 5.73 Å². The third kappa shape index (κ3) is 1.93. The molecule has 2 aromatic heterocycles. The standard InChI is InChI=1S/C11H16N6O2/c1-5(18)9-6(12)2-7(19-9)17-4-16-8-10(13)14-3-15-11(8)17/h3-7,9,18H,2,12H2,1H3,(H2,13,14,15). The van der Waals surface area contributed by atoms with Crippen LogP contribution >= 0.6 is 0 Å². The third-order valence-electron chi connectivity index (χ3n) is 3.38. The van der Waals surface area contributed by atoms with Gasteiger partial charge in [-0.1, -0.05) is 0 Å². The molecule has 0 radical (unpaired) electrons. The van der Waals surface area contributed by atoms with E-state index < -0.39 is 6.10 Å². The van der Waals surface area contributed by atoms with Gasteiger partial charge < -0.3 is 21.3 Å². The summed E-state index contributed by atoms with van der Waals surface area (Å²) in [5.74, 6) is 0.332. The Hall–Kier alpha value is -1.77. The van der Waals surface area contributed by atoms with E-state index in [1.165, 1.54) is 6.33 Å². The molecule has 0 amide bonds. The molecule has 8 nitrogen and oxygen atoms in total. The maximum absolute atomic E-state index is 9.62. The van der Waals surface area contributed by atoms with Gasteiger partial charge in [-0.2, -0.15) is 0 Å². The highest BCUT2D eigenvalue weighted by Crippen LogP contribution is 2.31. The summed E-state index contributed by atoms with van der Waals surface area (Å²) in [6.45, 7) is 1.67. The topological polar surface area (TPSA) is 125 Å². The van der Waals surface area contributed by atoms with Crippen LogP contribution < -0.4 is 11.5 Å². The minimum Gasteiger partial charge on any atom is -0.391 e. The number of aliphatic hydroxyl groups excluding tert-OH is 1. The number of aromatic nitrogens is 4. The molecule has 8 heteroatoms. The second kappa shape index (κ2) is 4.41.